The van der Waals surface area contributed by atoms with Crippen LogP contribution in [0, 0.1) is 5.92 Å². The van der Waals surface area contributed by atoms with Crippen molar-refractivity contribution in [2.24, 2.45) is 5.92 Å². The number of carbonyl (C=O) groups is 3. The molecule has 4 rings (SSSR count). The highest BCUT2D eigenvalue weighted by atomic mass is 16.5. The van der Waals surface area contributed by atoms with Gasteiger partial charge in [-0.05, 0) is 44.3 Å². The zero-order valence-electron chi connectivity index (χ0n) is 18.0. The van der Waals surface area contributed by atoms with E-state index in [1.807, 2.05) is 15.5 Å². The van der Waals surface area contributed by atoms with E-state index >= 15 is 0 Å². The van der Waals surface area contributed by atoms with E-state index in [-0.39, 0.29) is 42.7 Å². The van der Waals surface area contributed by atoms with Crippen LogP contribution in [0.5, 0.6) is 0 Å². The highest BCUT2D eigenvalue weighted by Crippen LogP contribution is 2.35. The van der Waals surface area contributed by atoms with Gasteiger partial charge in [0.2, 0.25) is 5.91 Å². The fourth-order valence-electron chi connectivity index (χ4n) is 4.97. The second-order valence-corrected chi connectivity index (χ2v) is 8.46. The number of likely N-dealkylation sites (tertiary alicyclic amines) is 2. The van der Waals surface area contributed by atoms with E-state index in [0.717, 1.165) is 37.3 Å². The molecule has 1 amide bonds. The van der Waals surface area contributed by atoms with Crippen molar-refractivity contribution in [2.45, 2.75) is 51.1 Å². The van der Waals surface area contributed by atoms with E-state index in [1.54, 1.807) is 0 Å². The Morgan fingerprint density at radius 1 is 1.16 bits per heavy atom. The minimum Gasteiger partial charge on any atom is -0.483 e. The maximum absolute atomic E-state index is 13.1. The van der Waals surface area contributed by atoms with Crippen molar-refractivity contribution in [3.63, 3.8) is 0 Å². The minimum atomic E-state index is -0.354. The summed E-state index contributed by atoms with van der Waals surface area (Å²) in [5, 5.41) is 6.89. The molecule has 1 aromatic heterocycles. The zero-order chi connectivity index (χ0) is 22.4. The standard InChI is InChI=1S/C21H29N3O4.CH2O2/c1-28-20(26)7-6-19(25)23-11-15-10-17(14-23)18-5-4-16(21(27)24(18)12-15)13-22-8-2-3-9-22;2-1-3/h4-5,15,17H,2-3,6-14H2,1H3;1H,(H,2,3)/t15-,17+;/m0./s1. The zero-order valence-corrected chi connectivity index (χ0v) is 18.0. The van der Waals surface area contributed by atoms with Crippen molar-refractivity contribution >= 4 is 18.3 Å². The molecule has 0 saturated carbocycles. The summed E-state index contributed by atoms with van der Waals surface area (Å²) in [6, 6.07) is 4.08. The summed E-state index contributed by atoms with van der Waals surface area (Å²) in [7, 11) is 1.34. The summed E-state index contributed by atoms with van der Waals surface area (Å²) >= 11 is 0. The molecule has 31 heavy (non-hydrogen) atoms. The normalized spacial score (nSPS) is 22.2. The number of piperidine rings is 1. The average Bonchev–Trinajstić information content (AvgIpc) is 3.27. The highest BCUT2D eigenvalue weighted by molar-refractivity contribution is 5.81. The van der Waals surface area contributed by atoms with Crippen LogP contribution in [0.4, 0.5) is 0 Å². The molecule has 2 bridgehead atoms. The number of amides is 1. The Balaban J connectivity index is 0.000000858. The summed E-state index contributed by atoms with van der Waals surface area (Å²) in [4.78, 5) is 49.5. The van der Waals surface area contributed by atoms with E-state index in [0.29, 0.717) is 25.6 Å². The molecule has 2 atom stereocenters. The Labute approximate surface area is 181 Å². The lowest BCUT2D eigenvalue weighted by Crippen LogP contribution is -2.49. The summed E-state index contributed by atoms with van der Waals surface area (Å²) < 4.78 is 6.59. The van der Waals surface area contributed by atoms with Crippen LogP contribution < -0.4 is 5.56 Å². The van der Waals surface area contributed by atoms with E-state index in [1.165, 1.54) is 20.0 Å². The lowest BCUT2D eigenvalue weighted by Gasteiger charge is -2.43. The number of carbonyl (C=O) groups excluding carboxylic acids is 2. The van der Waals surface area contributed by atoms with E-state index in [9.17, 15) is 14.4 Å². The predicted molar refractivity (Wildman–Crippen MR) is 113 cm³/mol. The van der Waals surface area contributed by atoms with E-state index in [2.05, 4.69) is 15.7 Å². The molecule has 0 spiro atoms. The van der Waals surface area contributed by atoms with Gasteiger partial charge in [-0.3, -0.25) is 24.1 Å². The third-order valence-corrected chi connectivity index (χ3v) is 6.40. The number of pyridine rings is 1. The Morgan fingerprint density at radius 3 is 2.55 bits per heavy atom. The molecule has 2 fully saturated rings. The molecule has 2 saturated heterocycles. The smallest absolute Gasteiger partial charge is 0.306 e. The van der Waals surface area contributed by atoms with Crippen LogP contribution in [-0.2, 0) is 32.2 Å². The molecule has 4 heterocycles. The van der Waals surface area contributed by atoms with Crippen molar-refractivity contribution in [3.8, 4) is 0 Å². The minimum absolute atomic E-state index is 0.00144. The molecule has 0 aromatic carbocycles. The average molecular weight is 434 g/mol. The number of hydrogen-bond donors (Lipinski definition) is 1. The molecule has 0 aliphatic carbocycles. The second kappa shape index (κ2) is 10.6. The monoisotopic (exact) mass is 433 g/mol. The number of carboxylic acid groups (broad SMARTS) is 1. The molecule has 1 N–H and O–H groups in total. The molecule has 170 valence electrons. The molecule has 1 aromatic rings. The SMILES string of the molecule is COC(=O)CCC(=O)N1C[C@@H]2C[C@H](C1)c1ccc(CN3CCCC3)c(=O)n1C2.O=CO. The summed E-state index contributed by atoms with van der Waals surface area (Å²) in [5.74, 6) is 0.144. The predicted octanol–water partition coefficient (Wildman–Crippen LogP) is 1.04. The van der Waals surface area contributed by atoms with Gasteiger partial charge in [-0.25, -0.2) is 0 Å². The van der Waals surface area contributed by atoms with Crippen LogP contribution >= 0.6 is 0 Å². The second-order valence-electron chi connectivity index (χ2n) is 8.46. The van der Waals surface area contributed by atoms with Crippen LogP contribution in [0.25, 0.3) is 0 Å². The van der Waals surface area contributed by atoms with Crippen LogP contribution in [0.15, 0.2) is 16.9 Å². The molecule has 9 nitrogen and oxygen atoms in total. The van der Waals surface area contributed by atoms with Gasteiger partial charge in [0, 0.05) is 49.8 Å². The van der Waals surface area contributed by atoms with Crippen molar-refractivity contribution in [1.29, 1.82) is 0 Å². The number of rotatable bonds is 5. The van der Waals surface area contributed by atoms with Gasteiger partial charge in [0.25, 0.3) is 12.0 Å². The molecular weight excluding hydrogens is 402 g/mol. The molecule has 9 heteroatoms. The number of nitrogens with zero attached hydrogens (tertiary/aromatic N) is 3. The summed E-state index contributed by atoms with van der Waals surface area (Å²) in [6.45, 7) is 4.62. The summed E-state index contributed by atoms with van der Waals surface area (Å²) in [5.41, 5.74) is 2.08. The Morgan fingerprint density at radius 2 is 1.87 bits per heavy atom. The number of aromatic nitrogens is 1. The molecule has 3 aliphatic heterocycles. The van der Waals surface area contributed by atoms with Crippen LogP contribution in [0.3, 0.4) is 0 Å². The largest absolute Gasteiger partial charge is 0.483 e. The van der Waals surface area contributed by atoms with Gasteiger partial charge >= 0.3 is 5.97 Å². The van der Waals surface area contributed by atoms with Gasteiger partial charge in [-0.2, -0.15) is 0 Å². The Bertz CT molecular complexity index is 861. The quantitative estimate of drug-likeness (QED) is 0.546. The molecular formula is C22H31N3O6. The Hall–Kier alpha value is -2.68. The van der Waals surface area contributed by atoms with Crippen LogP contribution in [0.2, 0.25) is 0 Å². The summed E-state index contributed by atoms with van der Waals surface area (Å²) in [6.07, 6.45) is 3.77. The first-order valence-corrected chi connectivity index (χ1v) is 10.8. The number of fused-ring (bicyclic) bond motifs is 4. The van der Waals surface area contributed by atoms with Crippen molar-refractivity contribution in [3.05, 3.63) is 33.7 Å². The fourth-order valence-corrected chi connectivity index (χ4v) is 4.97. The number of methoxy groups -OCH3 is 1. The van der Waals surface area contributed by atoms with Crippen molar-refractivity contribution in [2.75, 3.05) is 33.3 Å². The van der Waals surface area contributed by atoms with Crippen LogP contribution in [0.1, 0.15) is 49.3 Å². The van der Waals surface area contributed by atoms with Gasteiger partial charge in [0.05, 0.1) is 13.5 Å². The third-order valence-electron chi connectivity index (χ3n) is 6.40. The van der Waals surface area contributed by atoms with Gasteiger partial charge in [0.1, 0.15) is 0 Å². The lowest BCUT2D eigenvalue weighted by molar-refractivity contribution is -0.144. The van der Waals surface area contributed by atoms with Gasteiger partial charge in [-0.1, -0.05) is 6.07 Å². The van der Waals surface area contributed by atoms with Gasteiger partial charge in [0.15, 0.2) is 0 Å². The fraction of sp³-hybridized carbons (Fsp3) is 0.636. The lowest BCUT2D eigenvalue weighted by atomic mass is 9.82. The first-order chi connectivity index (χ1) is 15.0. The third kappa shape index (κ3) is 5.52. The highest BCUT2D eigenvalue weighted by Gasteiger charge is 2.36. The van der Waals surface area contributed by atoms with Crippen molar-refractivity contribution in [1.82, 2.24) is 14.4 Å². The van der Waals surface area contributed by atoms with Crippen molar-refractivity contribution < 1.29 is 24.2 Å². The number of esters is 1. The Kier molecular flexibility index (Phi) is 7.84. The number of hydrogen-bond acceptors (Lipinski definition) is 6. The topological polar surface area (TPSA) is 109 Å². The molecule has 0 unspecified atom stereocenters. The van der Waals surface area contributed by atoms with E-state index < -0.39 is 0 Å². The first kappa shape index (κ1) is 23.0. The maximum Gasteiger partial charge on any atom is 0.306 e. The van der Waals surface area contributed by atoms with Crippen LogP contribution in [-0.4, -0.2) is 71.1 Å². The molecule has 0 radical (unpaired) electrons. The maximum atomic E-state index is 13.1. The van der Waals surface area contributed by atoms with E-state index in [4.69, 9.17) is 9.90 Å². The van der Waals surface area contributed by atoms with Gasteiger partial charge < -0.3 is 19.3 Å². The number of ether oxygens (including phenoxy) is 1. The van der Waals surface area contributed by atoms with Gasteiger partial charge in [-0.15, -0.1) is 0 Å². The first-order valence-electron chi connectivity index (χ1n) is 10.8. The molecule has 3 aliphatic rings.